The molecule has 0 spiro atoms. The summed E-state index contributed by atoms with van der Waals surface area (Å²) in [6.45, 7) is 6.89. The van der Waals surface area contributed by atoms with Crippen molar-refractivity contribution >= 4 is 0 Å². The number of rotatable bonds is 9. The molecule has 4 rings (SSSR count). The molecule has 0 aromatic heterocycles. The third-order valence-corrected chi connectivity index (χ3v) is 6.87. The Hall–Kier alpha value is -1.84. The molecule has 2 heterocycles. The first-order valence-corrected chi connectivity index (χ1v) is 11.8. The Balaban J connectivity index is 1.52. The van der Waals surface area contributed by atoms with Gasteiger partial charge in [-0.3, -0.25) is 0 Å². The highest BCUT2D eigenvalue weighted by Crippen LogP contribution is 2.44. The second-order valence-electron chi connectivity index (χ2n) is 9.11. The zero-order valence-corrected chi connectivity index (χ0v) is 20.6. The Morgan fingerprint density at radius 2 is 1.29 bits per heavy atom. The maximum atomic E-state index is 6.57. The summed E-state index contributed by atoms with van der Waals surface area (Å²) in [7, 11) is 3.17. The van der Waals surface area contributed by atoms with E-state index in [1.165, 1.54) is 0 Å². The molecule has 2 aromatic carbocycles. The van der Waals surface area contributed by atoms with Gasteiger partial charge < -0.3 is 33.2 Å². The first kappa shape index (κ1) is 25.3. The Bertz CT molecular complexity index is 894. The molecular weight excluding hydrogens is 436 g/mol. The van der Waals surface area contributed by atoms with E-state index in [2.05, 4.69) is 0 Å². The third kappa shape index (κ3) is 5.21. The van der Waals surface area contributed by atoms with Crippen molar-refractivity contribution in [3.63, 3.8) is 0 Å². The van der Waals surface area contributed by atoms with Crippen LogP contribution in [-0.2, 0) is 46.4 Å². The Labute approximate surface area is 202 Å². The molecule has 2 aromatic rings. The summed E-state index contributed by atoms with van der Waals surface area (Å²) in [5.41, 5.74) is 2.18. The van der Waals surface area contributed by atoms with Gasteiger partial charge in [-0.15, -0.1) is 0 Å². The molecule has 0 N–H and O–H groups in total. The number of benzene rings is 2. The van der Waals surface area contributed by atoms with Gasteiger partial charge >= 0.3 is 0 Å². The number of ether oxygens (including phenoxy) is 7. The highest BCUT2D eigenvalue weighted by Gasteiger charge is 2.62. The second kappa shape index (κ2) is 10.8. The summed E-state index contributed by atoms with van der Waals surface area (Å²) in [6, 6.07) is 20.1. The van der Waals surface area contributed by atoms with Crippen LogP contribution < -0.4 is 0 Å². The minimum atomic E-state index is -1.14. The molecule has 0 aliphatic carbocycles. The lowest BCUT2D eigenvalue weighted by Gasteiger charge is -2.57. The van der Waals surface area contributed by atoms with E-state index in [0.717, 1.165) is 11.1 Å². The maximum absolute atomic E-state index is 6.57. The molecular formula is C27H36O7. The van der Waals surface area contributed by atoms with Gasteiger partial charge in [0.2, 0.25) is 11.6 Å². The summed E-state index contributed by atoms with van der Waals surface area (Å²) in [5.74, 6) is -2.28. The standard InChI is InChI=1S/C27H36O7/c1-19-23(31-17-21-14-10-7-11-15-21)25-24(33-26(2,28-4)27(3,29-5)34-25)22(32-19)18-30-16-20-12-8-6-9-13-20/h6-15,19,22-25H,16-18H2,1-5H3/t19-,22+,23-,24+,25+,26-,27-/m0/s1. The fourth-order valence-corrected chi connectivity index (χ4v) is 4.57. The number of fused-ring (bicyclic) bond motifs is 1. The maximum Gasteiger partial charge on any atom is 0.220 e. The van der Waals surface area contributed by atoms with Crippen LogP contribution in [0.5, 0.6) is 0 Å². The molecule has 7 nitrogen and oxygen atoms in total. The van der Waals surface area contributed by atoms with Crippen LogP contribution in [0.15, 0.2) is 60.7 Å². The highest BCUT2D eigenvalue weighted by atomic mass is 16.8. The predicted molar refractivity (Wildman–Crippen MR) is 126 cm³/mol. The SMILES string of the molecule is CO[C@@]1(C)O[C@@H]2[C@@H](OCc3ccccc3)[C@H](C)O[C@H](COCc3ccccc3)[C@H]2O[C@]1(C)OC. The molecule has 0 unspecified atom stereocenters. The van der Waals surface area contributed by atoms with Gasteiger partial charge in [0, 0.05) is 14.2 Å². The molecule has 0 radical (unpaired) electrons. The lowest BCUT2D eigenvalue weighted by Crippen LogP contribution is -2.73. The molecule has 2 saturated heterocycles. The van der Waals surface area contributed by atoms with Gasteiger partial charge in [-0.05, 0) is 31.9 Å². The normalized spacial score (nSPS) is 35.6. The molecule has 0 bridgehead atoms. The molecule has 34 heavy (non-hydrogen) atoms. The molecule has 7 atom stereocenters. The molecule has 186 valence electrons. The summed E-state index contributed by atoms with van der Waals surface area (Å²) in [5, 5.41) is 0. The van der Waals surface area contributed by atoms with Gasteiger partial charge in [0.25, 0.3) is 0 Å². The van der Waals surface area contributed by atoms with E-state index in [-0.39, 0.29) is 18.3 Å². The average Bonchev–Trinajstić information content (AvgIpc) is 2.86. The van der Waals surface area contributed by atoms with E-state index in [9.17, 15) is 0 Å². The minimum Gasteiger partial charge on any atom is -0.374 e. The van der Waals surface area contributed by atoms with Gasteiger partial charge in [0.05, 0.1) is 25.9 Å². The first-order chi connectivity index (χ1) is 16.4. The van der Waals surface area contributed by atoms with E-state index in [0.29, 0.717) is 19.8 Å². The molecule has 0 amide bonds. The van der Waals surface area contributed by atoms with Crippen molar-refractivity contribution in [1.29, 1.82) is 0 Å². The zero-order chi connectivity index (χ0) is 24.2. The topological polar surface area (TPSA) is 64.6 Å². The van der Waals surface area contributed by atoms with E-state index in [1.807, 2.05) is 81.4 Å². The first-order valence-electron chi connectivity index (χ1n) is 11.8. The lowest BCUT2D eigenvalue weighted by atomic mass is 9.91. The van der Waals surface area contributed by atoms with Crippen LogP contribution in [-0.4, -0.2) is 62.9 Å². The van der Waals surface area contributed by atoms with Gasteiger partial charge in [0.1, 0.15) is 24.4 Å². The van der Waals surface area contributed by atoms with Crippen molar-refractivity contribution in [3.05, 3.63) is 71.8 Å². The zero-order valence-electron chi connectivity index (χ0n) is 20.6. The number of hydrogen-bond donors (Lipinski definition) is 0. The summed E-state index contributed by atoms with van der Waals surface area (Å²) < 4.78 is 43.3. The largest absolute Gasteiger partial charge is 0.374 e. The van der Waals surface area contributed by atoms with Crippen LogP contribution >= 0.6 is 0 Å². The van der Waals surface area contributed by atoms with Crippen molar-refractivity contribution in [2.24, 2.45) is 0 Å². The Morgan fingerprint density at radius 1 is 0.765 bits per heavy atom. The third-order valence-electron chi connectivity index (χ3n) is 6.87. The lowest BCUT2D eigenvalue weighted by molar-refractivity contribution is -0.473. The summed E-state index contributed by atoms with van der Waals surface area (Å²) in [4.78, 5) is 0. The molecule has 0 saturated carbocycles. The van der Waals surface area contributed by atoms with Crippen molar-refractivity contribution in [1.82, 2.24) is 0 Å². The quantitative estimate of drug-likeness (QED) is 0.545. The van der Waals surface area contributed by atoms with Crippen molar-refractivity contribution in [3.8, 4) is 0 Å². The van der Waals surface area contributed by atoms with Crippen LogP contribution in [0, 0.1) is 0 Å². The summed E-state index contributed by atoms with van der Waals surface area (Å²) >= 11 is 0. The minimum absolute atomic E-state index is 0.244. The van der Waals surface area contributed by atoms with Crippen molar-refractivity contribution in [2.75, 3.05) is 20.8 Å². The molecule has 7 heteroatoms. The van der Waals surface area contributed by atoms with Gasteiger partial charge in [-0.2, -0.15) is 0 Å². The smallest absolute Gasteiger partial charge is 0.220 e. The molecule has 2 aliphatic heterocycles. The van der Waals surface area contributed by atoms with E-state index >= 15 is 0 Å². The fourth-order valence-electron chi connectivity index (χ4n) is 4.57. The van der Waals surface area contributed by atoms with Crippen LogP contribution in [0.25, 0.3) is 0 Å². The van der Waals surface area contributed by atoms with E-state index < -0.39 is 23.8 Å². The van der Waals surface area contributed by atoms with Gasteiger partial charge in [-0.25, -0.2) is 0 Å². The molecule has 2 fully saturated rings. The van der Waals surface area contributed by atoms with Gasteiger partial charge in [0.15, 0.2) is 0 Å². The Kier molecular flexibility index (Phi) is 8.05. The number of methoxy groups -OCH3 is 2. The molecule has 2 aliphatic rings. The monoisotopic (exact) mass is 472 g/mol. The summed E-state index contributed by atoms with van der Waals surface area (Å²) in [6.07, 6.45) is -1.89. The van der Waals surface area contributed by atoms with Crippen molar-refractivity contribution < 1.29 is 33.2 Å². The second-order valence-corrected chi connectivity index (χ2v) is 9.11. The van der Waals surface area contributed by atoms with E-state index in [4.69, 9.17) is 33.2 Å². The van der Waals surface area contributed by atoms with E-state index in [1.54, 1.807) is 14.2 Å². The Morgan fingerprint density at radius 3 is 1.85 bits per heavy atom. The van der Waals surface area contributed by atoms with Crippen LogP contribution in [0.2, 0.25) is 0 Å². The van der Waals surface area contributed by atoms with Crippen LogP contribution in [0.4, 0.5) is 0 Å². The highest BCUT2D eigenvalue weighted by molar-refractivity contribution is 5.14. The fraction of sp³-hybridized carbons (Fsp3) is 0.556. The van der Waals surface area contributed by atoms with Crippen LogP contribution in [0.3, 0.4) is 0 Å². The average molecular weight is 473 g/mol. The van der Waals surface area contributed by atoms with Crippen molar-refractivity contribution in [2.45, 2.75) is 76.1 Å². The number of hydrogen-bond acceptors (Lipinski definition) is 7. The van der Waals surface area contributed by atoms with Crippen LogP contribution in [0.1, 0.15) is 31.9 Å². The van der Waals surface area contributed by atoms with Gasteiger partial charge in [-0.1, -0.05) is 60.7 Å². The predicted octanol–water partition coefficient (Wildman–Crippen LogP) is 4.09.